The Balaban J connectivity index is 2.38. The first-order valence-electron chi connectivity index (χ1n) is 5.93. The lowest BCUT2D eigenvalue weighted by atomic mass is 10.1. The smallest absolute Gasteiger partial charge is 0.137 e. The summed E-state index contributed by atoms with van der Waals surface area (Å²) in [6.45, 7) is 4.22. The molecule has 0 fully saturated rings. The number of fused-ring (bicyclic) bond motifs is 1. The third kappa shape index (κ3) is 1.95. The summed E-state index contributed by atoms with van der Waals surface area (Å²) in [6.07, 6.45) is 5.42. The second-order valence-corrected chi connectivity index (χ2v) is 4.26. The van der Waals surface area contributed by atoms with Crippen LogP contribution in [0.15, 0.2) is 24.4 Å². The van der Waals surface area contributed by atoms with E-state index < -0.39 is 0 Å². The molecule has 2 rings (SSSR count). The van der Waals surface area contributed by atoms with Gasteiger partial charge < -0.3 is 10.1 Å². The Morgan fingerprint density at radius 1 is 1.44 bits per heavy atom. The minimum atomic E-state index is 0.0948. The summed E-state index contributed by atoms with van der Waals surface area (Å²) in [7, 11) is 0. The first-order valence-corrected chi connectivity index (χ1v) is 5.93. The maximum Gasteiger partial charge on any atom is 0.137 e. The lowest BCUT2D eigenvalue weighted by molar-refractivity contribution is 0.584. The van der Waals surface area contributed by atoms with E-state index >= 15 is 0 Å². The van der Waals surface area contributed by atoms with Crippen LogP contribution in [0.5, 0.6) is 0 Å². The molecule has 0 radical (unpaired) electrons. The van der Waals surface area contributed by atoms with Crippen LogP contribution in [0.3, 0.4) is 0 Å². The van der Waals surface area contributed by atoms with Crippen molar-refractivity contribution < 1.29 is 0 Å². The maximum atomic E-state index is 6.23. The first kappa shape index (κ1) is 11.1. The zero-order valence-corrected chi connectivity index (χ0v) is 9.98. The second-order valence-electron chi connectivity index (χ2n) is 4.26. The number of unbranched alkanes of at least 4 members (excludes halogenated alkanes) is 1. The fourth-order valence-electron chi connectivity index (χ4n) is 2.14. The quantitative estimate of drug-likeness (QED) is 0.855. The molecule has 0 saturated heterocycles. The number of nitrogens with zero attached hydrogens (tertiary/aromatic N) is 2. The number of aryl methyl sites for hydroxylation is 1. The molecule has 0 amide bonds. The van der Waals surface area contributed by atoms with Gasteiger partial charge in [0.1, 0.15) is 5.65 Å². The van der Waals surface area contributed by atoms with Crippen molar-refractivity contribution in [1.29, 1.82) is 0 Å². The maximum absolute atomic E-state index is 6.23. The van der Waals surface area contributed by atoms with Crippen LogP contribution < -0.4 is 5.73 Å². The summed E-state index contributed by atoms with van der Waals surface area (Å²) in [6, 6.07) is 6.13. The van der Waals surface area contributed by atoms with Gasteiger partial charge in [-0.2, -0.15) is 0 Å². The van der Waals surface area contributed by atoms with Crippen LogP contribution in [0.2, 0.25) is 0 Å². The predicted octanol–water partition coefficient (Wildman–Crippen LogP) is 2.83. The first-order chi connectivity index (χ1) is 7.74. The summed E-state index contributed by atoms with van der Waals surface area (Å²) in [5, 5.41) is 0. The second kappa shape index (κ2) is 4.66. The van der Waals surface area contributed by atoms with Gasteiger partial charge in [-0.15, -0.1) is 0 Å². The molecule has 1 atom stereocenters. The molecule has 2 aromatic heterocycles. The lowest BCUT2D eigenvalue weighted by Gasteiger charge is -2.11. The Morgan fingerprint density at radius 2 is 2.25 bits per heavy atom. The minimum Gasteiger partial charge on any atom is -0.323 e. The number of aromatic nitrogens is 2. The van der Waals surface area contributed by atoms with Crippen LogP contribution in [-0.4, -0.2) is 9.38 Å². The van der Waals surface area contributed by atoms with Gasteiger partial charge in [-0.3, -0.25) is 0 Å². The van der Waals surface area contributed by atoms with E-state index in [1.54, 1.807) is 0 Å². The van der Waals surface area contributed by atoms with Crippen molar-refractivity contribution in [3.8, 4) is 0 Å². The average Bonchev–Trinajstić information content (AvgIpc) is 2.62. The molecule has 2 N–H and O–H groups in total. The molecule has 0 aliphatic heterocycles. The monoisotopic (exact) mass is 217 g/mol. The number of pyridine rings is 1. The van der Waals surface area contributed by atoms with Gasteiger partial charge in [0, 0.05) is 12.2 Å². The summed E-state index contributed by atoms with van der Waals surface area (Å²) in [5.74, 6) is 0. The highest BCUT2D eigenvalue weighted by atomic mass is 15.0. The van der Waals surface area contributed by atoms with Crippen molar-refractivity contribution in [2.75, 3.05) is 0 Å². The van der Waals surface area contributed by atoms with Crippen LogP contribution in [0.25, 0.3) is 5.65 Å². The molecule has 3 nitrogen and oxygen atoms in total. The highest BCUT2D eigenvalue weighted by Gasteiger charge is 2.14. The van der Waals surface area contributed by atoms with Crippen molar-refractivity contribution in [1.82, 2.24) is 9.38 Å². The highest BCUT2D eigenvalue weighted by Crippen LogP contribution is 2.21. The van der Waals surface area contributed by atoms with Crippen LogP contribution >= 0.6 is 0 Å². The highest BCUT2D eigenvalue weighted by molar-refractivity contribution is 5.43. The Bertz CT molecular complexity index is 473. The summed E-state index contributed by atoms with van der Waals surface area (Å²) >= 11 is 0. The molecule has 2 heterocycles. The Hall–Kier alpha value is -1.35. The van der Waals surface area contributed by atoms with E-state index in [9.17, 15) is 0 Å². The van der Waals surface area contributed by atoms with Gasteiger partial charge in [0.05, 0.1) is 11.4 Å². The molecular formula is C13H19N3. The number of hydrogen-bond acceptors (Lipinski definition) is 2. The fraction of sp³-hybridized carbons (Fsp3) is 0.462. The van der Waals surface area contributed by atoms with Crippen LogP contribution in [0, 0.1) is 6.92 Å². The topological polar surface area (TPSA) is 43.3 Å². The number of nitrogens with two attached hydrogens (primary N) is 1. The van der Waals surface area contributed by atoms with Gasteiger partial charge >= 0.3 is 0 Å². The van der Waals surface area contributed by atoms with Crippen molar-refractivity contribution in [3.63, 3.8) is 0 Å². The number of rotatable bonds is 4. The van der Waals surface area contributed by atoms with Gasteiger partial charge in [0.15, 0.2) is 0 Å². The van der Waals surface area contributed by atoms with E-state index in [4.69, 9.17) is 5.73 Å². The van der Waals surface area contributed by atoms with Gasteiger partial charge in [0.25, 0.3) is 0 Å². The van der Waals surface area contributed by atoms with E-state index in [1.807, 2.05) is 31.3 Å². The standard InChI is InChI=1S/C13H19N3/c1-3-4-7-11(14)13-10(2)15-12-8-5-6-9-16(12)13/h5-6,8-9,11H,3-4,7,14H2,1-2H3. The Kier molecular flexibility index (Phi) is 3.25. The van der Waals surface area contributed by atoms with Crippen molar-refractivity contribution in [2.24, 2.45) is 5.73 Å². The average molecular weight is 217 g/mol. The molecule has 0 spiro atoms. The van der Waals surface area contributed by atoms with Gasteiger partial charge in [0.2, 0.25) is 0 Å². The van der Waals surface area contributed by atoms with Crippen LogP contribution in [-0.2, 0) is 0 Å². The van der Waals surface area contributed by atoms with Crippen molar-refractivity contribution >= 4 is 5.65 Å². The zero-order chi connectivity index (χ0) is 11.5. The van der Waals surface area contributed by atoms with E-state index in [0.717, 1.165) is 23.5 Å². The molecular weight excluding hydrogens is 198 g/mol. The molecule has 0 aliphatic carbocycles. The van der Waals surface area contributed by atoms with Crippen molar-refractivity contribution in [3.05, 3.63) is 35.8 Å². The van der Waals surface area contributed by atoms with E-state index in [2.05, 4.69) is 16.3 Å². The molecule has 1 unspecified atom stereocenters. The molecule has 0 aromatic carbocycles. The molecule has 0 saturated carbocycles. The van der Waals surface area contributed by atoms with Gasteiger partial charge in [-0.1, -0.05) is 25.8 Å². The molecule has 0 bridgehead atoms. The van der Waals surface area contributed by atoms with Crippen LogP contribution in [0.4, 0.5) is 0 Å². The molecule has 16 heavy (non-hydrogen) atoms. The van der Waals surface area contributed by atoms with Gasteiger partial charge in [-0.25, -0.2) is 4.98 Å². The Labute approximate surface area is 96.3 Å². The lowest BCUT2D eigenvalue weighted by Crippen LogP contribution is -2.13. The largest absolute Gasteiger partial charge is 0.323 e. The van der Waals surface area contributed by atoms with E-state index in [1.165, 1.54) is 12.8 Å². The third-order valence-corrected chi connectivity index (χ3v) is 2.97. The van der Waals surface area contributed by atoms with E-state index in [0.29, 0.717) is 0 Å². The van der Waals surface area contributed by atoms with E-state index in [-0.39, 0.29) is 6.04 Å². The number of hydrogen-bond donors (Lipinski definition) is 1. The van der Waals surface area contributed by atoms with Crippen LogP contribution in [0.1, 0.15) is 43.6 Å². The fourth-order valence-corrected chi connectivity index (χ4v) is 2.14. The minimum absolute atomic E-state index is 0.0948. The van der Waals surface area contributed by atoms with Crippen molar-refractivity contribution in [2.45, 2.75) is 39.2 Å². The Morgan fingerprint density at radius 3 is 3.00 bits per heavy atom. The molecule has 2 aromatic rings. The summed E-state index contributed by atoms with van der Waals surface area (Å²) in [5.41, 5.74) is 9.43. The number of imidazole rings is 1. The predicted molar refractivity (Wildman–Crippen MR) is 66.4 cm³/mol. The molecule has 3 heteroatoms. The summed E-state index contributed by atoms with van der Waals surface area (Å²) < 4.78 is 2.11. The molecule has 86 valence electrons. The third-order valence-electron chi connectivity index (χ3n) is 2.97. The van der Waals surface area contributed by atoms with Gasteiger partial charge in [-0.05, 0) is 25.5 Å². The zero-order valence-electron chi connectivity index (χ0n) is 9.98. The summed E-state index contributed by atoms with van der Waals surface area (Å²) in [4.78, 5) is 4.53. The normalized spacial score (nSPS) is 13.2. The SMILES string of the molecule is CCCCC(N)c1c(C)nc2ccccn12. The molecule has 0 aliphatic rings.